The van der Waals surface area contributed by atoms with Crippen LogP contribution in [0.25, 0.3) is 0 Å². The van der Waals surface area contributed by atoms with Crippen LogP contribution in [0.5, 0.6) is 5.75 Å². The average molecular weight is 421 g/mol. The van der Waals surface area contributed by atoms with Crippen molar-refractivity contribution < 1.29 is 24.0 Å². The highest BCUT2D eigenvalue weighted by Crippen LogP contribution is 2.29. The van der Waals surface area contributed by atoms with Crippen LogP contribution in [0.2, 0.25) is 5.02 Å². The van der Waals surface area contributed by atoms with Gasteiger partial charge in [0.2, 0.25) is 0 Å². The quantitative estimate of drug-likeness (QED) is 0.390. The minimum atomic E-state index is -0.643. The molecular formula is C20H21ClN2O6. The first-order valence-electron chi connectivity index (χ1n) is 8.77. The molecule has 1 amide bonds. The van der Waals surface area contributed by atoms with Gasteiger partial charge in [-0.3, -0.25) is 19.7 Å². The summed E-state index contributed by atoms with van der Waals surface area (Å²) in [5.41, 5.74) is 0.636. The van der Waals surface area contributed by atoms with Gasteiger partial charge in [0.25, 0.3) is 11.6 Å². The van der Waals surface area contributed by atoms with Gasteiger partial charge in [-0.1, -0.05) is 37.6 Å². The van der Waals surface area contributed by atoms with Crippen molar-refractivity contribution in [2.24, 2.45) is 5.92 Å². The van der Waals surface area contributed by atoms with Crippen LogP contribution >= 0.6 is 11.6 Å². The number of carbonyl (C=O) groups excluding carboxylic acids is 2. The summed E-state index contributed by atoms with van der Waals surface area (Å²) in [6, 6.07) is 10.6. The lowest BCUT2D eigenvalue weighted by molar-refractivity contribution is -0.384. The highest BCUT2D eigenvalue weighted by molar-refractivity contribution is 6.30. The Hall–Kier alpha value is -3.13. The van der Waals surface area contributed by atoms with E-state index in [0.717, 1.165) is 5.56 Å². The van der Waals surface area contributed by atoms with Crippen LogP contribution in [0.1, 0.15) is 25.3 Å². The zero-order valence-corrected chi connectivity index (χ0v) is 16.9. The molecule has 9 heteroatoms. The Kier molecular flexibility index (Phi) is 7.55. The summed E-state index contributed by atoms with van der Waals surface area (Å²) in [5, 5.41) is 13.9. The molecule has 0 aliphatic rings. The van der Waals surface area contributed by atoms with Crippen LogP contribution < -0.4 is 10.1 Å². The van der Waals surface area contributed by atoms with Gasteiger partial charge in [-0.25, -0.2) is 0 Å². The number of methoxy groups -OCH3 is 1. The SMILES string of the molecule is COc1ccc([N+](=O)[O-])cc1NC(=O)COC(=O)[C@H](c1ccc(Cl)cc1)C(C)C. The van der Waals surface area contributed by atoms with Gasteiger partial charge in [0, 0.05) is 17.2 Å². The molecule has 2 aromatic rings. The lowest BCUT2D eigenvalue weighted by Crippen LogP contribution is -2.26. The van der Waals surface area contributed by atoms with Crippen molar-refractivity contribution in [2.75, 3.05) is 19.0 Å². The van der Waals surface area contributed by atoms with Gasteiger partial charge in [0.05, 0.1) is 23.6 Å². The zero-order chi connectivity index (χ0) is 21.6. The lowest BCUT2D eigenvalue weighted by Gasteiger charge is -2.20. The Labute approximate surface area is 172 Å². The Bertz CT molecular complexity index is 898. The number of benzene rings is 2. The molecule has 154 valence electrons. The molecule has 0 saturated heterocycles. The number of nitrogens with one attached hydrogen (secondary N) is 1. The molecule has 29 heavy (non-hydrogen) atoms. The lowest BCUT2D eigenvalue weighted by atomic mass is 9.88. The molecule has 8 nitrogen and oxygen atoms in total. The van der Waals surface area contributed by atoms with Crippen LogP contribution in [0, 0.1) is 16.0 Å². The number of hydrogen-bond donors (Lipinski definition) is 1. The number of hydrogen-bond acceptors (Lipinski definition) is 6. The van der Waals surface area contributed by atoms with E-state index in [9.17, 15) is 19.7 Å². The van der Waals surface area contributed by atoms with Crippen molar-refractivity contribution in [1.29, 1.82) is 0 Å². The van der Waals surface area contributed by atoms with Crippen molar-refractivity contribution in [2.45, 2.75) is 19.8 Å². The van der Waals surface area contributed by atoms with Crippen LogP contribution in [0.3, 0.4) is 0 Å². The van der Waals surface area contributed by atoms with Gasteiger partial charge in [-0.2, -0.15) is 0 Å². The first-order valence-corrected chi connectivity index (χ1v) is 9.15. The number of anilines is 1. The van der Waals surface area contributed by atoms with E-state index in [4.69, 9.17) is 21.1 Å². The molecular weight excluding hydrogens is 400 g/mol. The summed E-state index contributed by atoms with van der Waals surface area (Å²) >= 11 is 5.89. The first kappa shape index (κ1) is 22.2. The van der Waals surface area contributed by atoms with Gasteiger partial charge in [-0.15, -0.1) is 0 Å². The van der Waals surface area contributed by atoms with E-state index in [0.29, 0.717) is 5.02 Å². The monoisotopic (exact) mass is 420 g/mol. The summed E-state index contributed by atoms with van der Waals surface area (Å²) in [6.07, 6.45) is 0. The number of rotatable bonds is 8. The largest absolute Gasteiger partial charge is 0.495 e. The van der Waals surface area contributed by atoms with Gasteiger partial charge in [-0.05, 0) is 29.7 Å². The van der Waals surface area contributed by atoms with E-state index in [2.05, 4.69) is 5.32 Å². The molecule has 1 atom stereocenters. The molecule has 0 radical (unpaired) electrons. The molecule has 0 unspecified atom stereocenters. The number of amides is 1. The normalized spacial score (nSPS) is 11.6. The average Bonchev–Trinajstić information content (AvgIpc) is 2.67. The summed E-state index contributed by atoms with van der Waals surface area (Å²) in [7, 11) is 1.37. The number of ether oxygens (including phenoxy) is 2. The van der Waals surface area contributed by atoms with Gasteiger partial charge < -0.3 is 14.8 Å². The predicted molar refractivity (Wildman–Crippen MR) is 108 cm³/mol. The van der Waals surface area contributed by atoms with E-state index in [-0.39, 0.29) is 23.0 Å². The number of non-ortho nitro benzene ring substituents is 1. The maximum atomic E-state index is 12.5. The summed E-state index contributed by atoms with van der Waals surface area (Å²) in [4.78, 5) is 35.1. The fourth-order valence-electron chi connectivity index (χ4n) is 2.78. The standard InChI is InChI=1S/C20H21ClN2O6/c1-12(2)19(13-4-6-14(21)7-5-13)20(25)29-11-18(24)22-16-10-15(23(26)27)8-9-17(16)28-3/h4-10,12,19H,11H2,1-3H3,(H,22,24)/t19-/m0/s1. The molecule has 2 aromatic carbocycles. The second-order valence-electron chi connectivity index (χ2n) is 6.57. The van der Waals surface area contributed by atoms with Gasteiger partial charge in [0.1, 0.15) is 5.75 Å². The summed E-state index contributed by atoms with van der Waals surface area (Å²) < 4.78 is 10.3. The molecule has 0 aliphatic carbocycles. The molecule has 0 fully saturated rings. The minimum Gasteiger partial charge on any atom is -0.495 e. The molecule has 2 rings (SSSR count). The smallest absolute Gasteiger partial charge is 0.314 e. The van der Waals surface area contributed by atoms with E-state index in [1.165, 1.54) is 25.3 Å². The first-order chi connectivity index (χ1) is 13.7. The number of halogens is 1. The van der Waals surface area contributed by atoms with E-state index in [1.54, 1.807) is 24.3 Å². The second-order valence-corrected chi connectivity index (χ2v) is 7.01. The maximum absolute atomic E-state index is 12.5. The van der Waals surface area contributed by atoms with Crippen LogP contribution in [-0.2, 0) is 14.3 Å². The topological polar surface area (TPSA) is 108 Å². The zero-order valence-electron chi connectivity index (χ0n) is 16.2. The maximum Gasteiger partial charge on any atom is 0.314 e. The molecule has 0 spiro atoms. The predicted octanol–water partition coefficient (Wildman–Crippen LogP) is 4.18. The Balaban J connectivity index is 2.06. The van der Waals surface area contributed by atoms with Crippen molar-refractivity contribution in [3.63, 3.8) is 0 Å². The Morgan fingerprint density at radius 2 is 1.83 bits per heavy atom. The third-order valence-corrected chi connectivity index (χ3v) is 4.42. The molecule has 0 aromatic heterocycles. The van der Waals surface area contributed by atoms with Crippen molar-refractivity contribution in [1.82, 2.24) is 0 Å². The molecule has 0 heterocycles. The van der Waals surface area contributed by atoms with E-state index >= 15 is 0 Å². The number of nitro groups is 1. The Morgan fingerprint density at radius 3 is 2.38 bits per heavy atom. The van der Waals surface area contributed by atoms with Crippen LogP contribution in [0.15, 0.2) is 42.5 Å². The highest BCUT2D eigenvalue weighted by atomic mass is 35.5. The molecule has 0 bridgehead atoms. The van der Waals surface area contributed by atoms with Gasteiger partial charge in [0.15, 0.2) is 6.61 Å². The molecule has 0 saturated carbocycles. The van der Waals surface area contributed by atoms with E-state index in [1.807, 2.05) is 13.8 Å². The number of nitro benzene ring substituents is 1. The third-order valence-electron chi connectivity index (χ3n) is 4.16. The third kappa shape index (κ3) is 5.92. The summed E-state index contributed by atoms with van der Waals surface area (Å²) in [5.74, 6) is -1.58. The fourth-order valence-corrected chi connectivity index (χ4v) is 2.91. The highest BCUT2D eigenvalue weighted by Gasteiger charge is 2.26. The van der Waals surface area contributed by atoms with Crippen molar-refractivity contribution >= 4 is 34.9 Å². The van der Waals surface area contributed by atoms with E-state index < -0.39 is 29.3 Å². The van der Waals surface area contributed by atoms with Crippen LogP contribution in [0.4, 0.5) is 11.4 Å². The second kappa shape index (κ2) is 9.88. The minimum absolute atomic E-state index is 0.0661. The number of carbonyl (C=O) groups is 2. The number of esters is 1. The van der Waals surface area contributed by atoms with Crippen molar-refractivity contribution in [3.05, 3.63) is 63.2 Å². The molecule has 1 N–H and O–H groups in total. The van der Waals surface area contributed by atoms with Crippen LogP contribution in [-0.4, -0.2) is 30.5 Å². The molecule has 0 aliphatic heterocycles. The Morgan fingerprint density at radius 1 is 1.17 bits per heavy atom. The van der Waals surface area contributed by atoms with Gasteiger partial charge >= 0.3 is 5.97 Å². The van der Waals surface area contributed by atoms with Crippen molar-refractivity contribution in [3.8, 4) is 5.75 Å². The summed E-state index contributed by atoms with van der Waals surface area (Å²) in [6.45, 7) is 3.20. The fraction of sp³-hybridized carbons (Fsp3) is 0.300. The number of nitrogens with zero attached hydrogens (tertiary/aromatic N) is 1.